The van der Waals surface area contributed by atoms with E-state index in [1.165, 1.54) is 5.56 Å². The van der Waals surface area contributed by atoms with Gasteiger partial charge in [0.15, 0.2) is 5.96 Å². The third-order valence-electron chi connectivity index (χ3n) is 5.08. The van der Waals surface area contributed by atoms with Gasteiger partial charge in [-0.2, -0.15) is 5.10 Å². The molecule has 150 valence electrons. The van der Waals surface area contributed by atoms with Crippen molar-refractivity contribution >= 4 is 17.6 Å². The number of aromatic nitrogens is 2. The molecule has 1 aromatic carbocycles. The Labute approximate surface area is 167 Å². The standard InChI is InChI=1S/C21H30N6O/c1-4-17(18-9-7-6-8-10-18)13-23-21(22-5-2)26-11-12-27(20(28)16-26)19-14-24-25(3)15-19/h6-10,14-15,17H,4-5,11-13,16H2,1-3H3,(H,22,23). The summed E-state index contributed by atoms with van der Waals surface area (Å²) in [5.41, 5.74) is 2.16. The van der Waals surface area contributed by atoms with Gasteiger partial charge in [0.2, 0.25) is 5.91 Å². The van der Waals surface area contributed by atoms with Gasteiger partial charge in [-0.05, 0) is 18.9 Å². The molecule has 2 aromatic rings. The number of rotatable bonds is 6. The van der Waals surface area contributed by atoms with E-state index in [9.17, 15) is 4.79 Å². The molecule has 0 radical (unpaired) electrons. The number of benzene rings is 1. The molecular weight excluding hydrogens is 352 g/mol. The first-order valence-corrected chi connectivity index (χ1v) is 9.99. The fourth-order valence-corrected chi connectivity index (χ4v) is 3.49. The number of hydrogen-bond donors (Lipinski definition) is 1. The largest absolute Gasteiger partial charge is 0.357 e. The van der Waals surface area contributed by atoms with Crippen molar-refractivity contribution in [3.63, 3.8) is 0 Å². The number of nitrogens with one attached hydrogen (secondary N) is 1. The monoisotopic (exact) mass is 382 g/mol. The summed E-state index contributed by atoms with van der Waals surface area (Å²) in [6.07, 6.45) is 4.64. The summed E-state index contributed by atoms with van der Waals surface area (Å²) in [7, 11) is 1.86. The smallest absolute Gasteiger partial charge is 0.246 e. The van der Waals surface area contributed by atoms with Crippen molar-refractivity contribution in [1.29, 1.82) is 0 Å². The average Bonchev–Trinajstić information content (AvgIpc) is 3.14. The zero-order chi connectivity index (χ0) is 19.9. The molecule has 1 N–H and O–H groups in total. The molecule has 0 aliphatic carbocycles. The van der Waals surface area contributed by atoms with Gasteiger partial charge in [0.1, 0.15) is 6.54 Å². The molecule has 1 unspecified atom stereocenters. The van der Waals surface area contributed by atoms with Crippen LogP contribution >= 0.6 is 0 Å². The van der Waals surface area contributed by atoms with Crippen LogP contribution in [0.25, 0.3) is 0 Å². The fraction of sp³-hybridized carbons (Fsp3) is 0.476. The normalized spacial score (nSPS) is 16.4. The Hall–Kier alpha value is -2.83. The number of hydrogen-bond acceptors (Lipinski definition) is 3. The maximum Gasteiger partial charge on any atom is 0.246 e. The van der Waals surface area contributed by atoms with Crippen molar-refractivity contribution in [3.05, 3.63) is 48.3 Å². The Bertz CT molecular complexity index is 800. The molecule has 7 nitrogen and oxygen atoms in total. The van der Waals surface area contributed by atoms with Crippen LogP contribution in [-0.4, -0.2) is 59.3 Å². The SMILES string of the molecule is CCNC(=NCC(CC)c1ccccc1)N1CCN(c2cnn(C)c2)C(=O)C1. The number of carbonyl (C=O) groups excluding carboxylic acids is 1. The van der Waals surface area contributed by atoms with Crippen LogP contribution in [0.3, 0.4) is 0 Å². The molecule has 3 rings (SSSR count). The maximum atomic E-state index is 12.7. The summed E-state index contributed by atoms with van der Waals surface area (Å²) in [6.45, 7) is 7.42. The first-order chi connectivity index (χ1) is 13.6. The first kappa shape index (κ1) is 19.9. The van der Waals surface area contributed by atoms with Crippen molar-refractivity contribution in [2.24, 2.45) is 12.0 Å². The van der Waals surface area contributed by atoms with Crippen molar-refractivity contribution in [2.75, 3.05) is 37.6 Å². The zero-order valence-corrected chi connectivity index (χ0v) is 17.0. The van der Waals surface area contributed by atoms with Crippen molar-refractivity contribution in [3.8, 4) is 0 Å². The van der Waals surface area contributed by atoms with Gasteiger partial charge in [0.25, 0.3) is 0 Å². The van der Waals surface area contributed by atoms with Crippen molar-refractivity contribution < 1.29 is 4.79 Å². The molecule has 28 heavy (non-hydrogen) atoms. The lowest BCUT2D eigenvalue weighted by Crippen LogP contribution is -2.55. The van der Waals surface area contributed by atoms with Gasteiger partial charge in [-0.1, -0.05) is 37.3 Å². The van der Waals surface area contributed by atoms with Crippen LogP contribution in [0.15, 0.2) is 47.7 Å². The molecule has 1 saturated heterocycles. The molecule has 1 fully saturated rings. The average molecular weight is 383 g/mol. The van der Waals surface area contributed by atoms with E-state index in [1.54, 1.807) is 15.8 Å². The molecule has 0 bridgehead atoms. The highest BCUT2D eigenvalue weighted by Crippen LogP contribution is 2.20. The summed E-state index contributed by atoms with van der Waals surface area (Å²) in [4.78, 5) is 21.4. The minimum Gasteiger partial charge on any atom is -0.357 e. The Morgan fingerprint density at radius 1 is 1.25 bits per heavy atom. The fourth-order valence-electron chi connectivity index (χ4n) is 3.49. The number of piperazine rings is 1. The van der Waals surface area contributed by atoms with Gasteiger partial charge < -0.3 is 15.1 Å². The predicted molar refractivity (Wildman–Crippen MR) is 113 cm³/mol. The molecular formula is C21H30N6O. The van der Waals surface area contributed by atoms with Gasteiger partial charge >= 0.3 is 0 Å². The Morgan fingerprint density at radius 3 is 2.64 bits per heavy atom. The van der Waals surface area contributed by atoms with Gasteiger partial charge in [0.05, 0.1) is 11.9 Å². The summed E-state index contributed by atoms with van der Waals surface area (Å²) < 4.78 is 1.72. The topological polar surface area (TPSA) is 65.8 Å². The van der Waals surface area contributed by atoms with Crippen molar-refractivity contribution in [2.45, 2.75) is 26.2 Å². The molecule has 0 saturated carbocycles. The van der Waals surface area contributed by atoms with Crippen molar-refractivity contribution in [1.82, 2.24) is 20.0 Å². The minimum absolute atomic E-state index is 0.0694. The second-order valence-electron chi connectivity index (χ2n) is 7.05. The number of carbonyl (C=O) groups is 1. The van der Waals surface area contributed by atoms with E-state index < -0.39 is 0 Å². The molecule has 1 amide bonds. The van der Waals surface area contributed by atoms with Crippen LogP contribution in [0.1, 0.15) is 31.7 Å². The maximum absolute atomic E-state index is 12.7. The number of aliphatic imine (C=N–C) groups is 1. The number of guanidine groups is 1. The summed E-state index contributed by atoms with van der Waals surface area (Å²) in [5, 5.41) is 7.52. The quantitative estimate of drug-likeness (QED) is 0.615. The molecule has 7 heteroatoms. The van der Waals surface area contributed by atoms with Gasteiger partial charge in [-0.25, -0.2) is 0 Å². The molecule has 2 heterocycles. The van der Waals surface area contributed by atoms with Crippen LogP contribution in [0.2, 0.25) is 0 Å². The highest BCUT2D eigenvalue weighted by atomic mass is 16.2. The molecule has 1 aliphatic heterocycles. The minimum atomic E-state index is 0.0694. The third kappa shape index (κ3) is 4.71. The van der Waals surface area contributed by atoms with E-state index in [4.69, 9.17) is 4.99 Å². The molecule has 0 spiro atoms. The lowest BCUT2D eigenvalue weighted by Gasteiger charge is -2.35. The first-order valence-electron chi connectivity index (χ1n) is 9.99. The summed E-state index contributed by atoms with van der Waals surface area (Å²) >= 11 is 0. The second kappa shape index (κ2) is 9.39. The Kier molecular flexibility index (Phi) is 6.68. The molecule has 1 aliphatic rings. The number of aryl methyl sites for hydroxylation is 1. The van der Waals surface area contributed by atoms with E-state index >= 15 is 0 Å². The summed E-state index contributed by atoms with van der Waals surface area (Å²) in [5.74, 6) is 1.26. The Balaban J connectivity index is 1.68. The number of amides is 1. The highest BCUT2D eigenvalue weighted by Gasteiger charge is 2.27. The van der Waals surface area contributed by atoms with E-state index in [1.807, 2.05) is 19.3 Å². The second-order valence-corrected chi connectivity index (χ2v) is 7.05. The van der Waals surface area contributed by atoms with Crippen LogP contribution in [0.4, 0.5) is 5.69 Å². The number of nitrogens with zero attached hydrogens (tertiary/aromatic N) is 5. The number of anilines is 1. The zero-order valence-electron chi connectivity index (χ0n) is 17.0. The van der Waals surface area contributed by atoms with Gasteiger partial charge in [0, 0.05) is 45.3 Å². The van der Waals surface area contributed by atoms with Gasteiger partial charge in [-0.15, -0.1) is 0 Å². The van der Waals surface area contributed by atoms with E-state index in [-0.39, 0.29) is 5.91 Å². The van der Waals surface area contributed by atoms with E-state index in [2.05, 4.69) is 53.4 Å². The lowest BCUT2D eigenvalue weighted by atomic mass is 9.97. The van der Waals surface area contributed by atoms with Crippen LogP contribution in [0, 0.1) is 0 Å². The Morgan fingerprint density at radius 2 is 2.04 bits per heavy atom. The molecule has 1 atom stereocenters. The van der Waals surface area contributed by atoms with Gasteiger partial charge in [-0.3, -0.25) is 14.5 Å². The van der Waals surface area contributed by atoms with Crippen LogP contribution in [-0.2, 0) is 11.8 Å². The third-order valence-corrected chi connectivity index (χ3v) is 5.08. The van der Waals surface area contributed by atoms with Crippen LogP contribution in [0.5, 0.6) is 0 Å². The van der Waals surface area contributed by atoms with Crippen LogP contribution < -0.4 is 10.2 Å². The lowest BCUT2D eigenvalue weighted by molar-refractivity contribution is -0.120. The highest BCUT2D eigenvalue weighted by molar-refractivity contribution is 5.98. The summed E-state index contributed by atoms with van der Waals surface area (Å²) in [6, 6.07) is 10.5. The predicted octanol–water partition coefficient (Wildman–Crippen LogP) is 2.23. The van der Waals surface area contributed by atoms with E-state index in [0.717, 1.165) is 31.2 Å². The molecule has 1 aromatic heterocycles. The van der Waals surface area contributed by atoms with E-state index in [0.29, 0.717) is 25.6 Å².